The highest BCUT2D eigenvalue weighted by Crippen LogP contribution is 2.21. The Kier molecular flexibility index (Phi) is 6.37. The first-order valence-corrected chi connectivity index (χ1v) is 7.18. The Morgan fingerprint density at radius 2 is 1.76 bits per heavy atom. The molecule has 5 heteroatoms. The Bertz CT molecular complexity index is 479. The van der Waals surface area contributed by atoms with E-state index < -0.39 is 5.54 Å². The molecule has 5 nitrogen and oxygen atoms in total. The van der Waals surface area contributed by atoms with Gasteiger partial charge in [-0.25, -0.2) is 0 Å². The fraction of sp³-hybridized carbons (Fsp3) is 0.500. The van der Waals surface area contributed by atoms with Crippen molar-refractivity contribution in [1.29, 1.82) is 0 Å². The standard InChI is InChI=1S/C16H24N2O3/c1-4-16(5-2,10-14(19)21-3)18-15(20)13-8-6-12(11-17)7-9-13/h6-9H,4-5,10-11,17H2,1-3H3,(H,18,20). The minimum Gasteiger partial charge on any atom is -0.469 e. The first-order chi connectivity index (χ1) is 10.00. The zero-order valence-corrected chi connectivity index (χ0v) is 12.9. The summed E-state index contributed by atoms with van der Waals surface area (Å²) >= 11 is 0. The first kappa shape index (κ1) is 17.2. The van der Waals surface area contributed by atoms with Gasteiger partial charge < -0.3 is 15.8 Å². The van der Waals surface area contributed by atoms with Gasteiger partial charge in [-0.15, -0.1) is 0 Å². The van der Waals surface area contributed by atoms with Gasteiger partial charge in [-0.2, -0.15) is 0 Å². The molecule has 0 aliphatic carbocycles. The molecule has 0 saturated carbocycles. The maximum atomic E-state index is 12.4. The van der Waals surface area contributed by atoms with Gasteiger partial charge >= 0.3 is 5.97 Å². The lowest BCUT2D eigenvalue weighted by Gasteiger charge is -2.32. The van der Waals surface area contributed by atoms with E-state index in [1.807, 2.05) is 26.0 Å². The quantitative estimate of drug-likeness (QED) is 0.753. The molecule has 3 N–H and O–H groups in total. The molecular formula is C16H24N2O3. The lowest BCUT2D eigenvalue weighted by Crippen LogP contribution is -2.49. The van der Waals surface area contributed by atoms with Crippen LogP contribution in [0.5, 0.6) is 0 Å². The summed E-state index contributed by atoms with van der Waals surface area (Å²) in [4.78, 5) is 23.9. The molecule has 116 valence electrons. The number of nitrogens with two attached hydrogens (primary N) is 1. The molecule has 0 aromatic heterocycles. The smallest absolute Gasteiger partial charge is 0.307 e. The Labute approximate surface area is 125 Å². The van der Waals surface area contributed by atoms with Gasteiger partial charge in [-0.3, -0.25) is 9.59 Å². The zero-order chi connectivity index (χ0) is 15.9. The average Bonchev–Trinajstić information content (AvgIpc) is 2.53. The number of carbonyl (C=O) groups is 2. The van der Waals surface area contributed by atoms with Crippen molar-refractivity contribution >= 4 is 11.9 Å². The molecule has 21 heavy (non-hydrogen) atoms. The third-order valence-electron chi connectivity index (χ3n) is 3.89. The second-order valence-corrected chi connectivity index (χ2v) is 5.10. The number of esters is 1. The molecule has 0 heterocycles. The van der Waals surface area contributed by atoms with E-state index in [0.717, 1.165) is 5.56 Å². The molecule has 0 unspecified atom stereocenters. The number of rotatable bonds is 7. The second-order valence-electron chi connectivity index (χ2n) is 5.10. The number of methoxy groups -OCH3 is 1. The van der Waals surface area contributed by atoms with Crippen LogP contribution in [-0.2, 0) is 16.1 Å². The van der Waals surface area contributed by atoms with Crippen LogP contribution in [0.3, 0.4) is 0 Å². The predicted octanol–water partition coefficient (Wildman–Crippen LogP) is 2.00. The Balaban J connectivity index is 2.86. The normalized spacial score (nSPS) is 11.0. The summed E-state index contributed by atoms with van der Waals surface area (Å²) in [7, 11) is 1.35. The van der Waals surface area contributed by atoms with E-state index in [-0.39, 0.29) is 18.3 Å². The highest BCUT2D eigenvalue weighted by atomic mass is 16.5. The van der Waals surface area contributed by atoms with Gasteiger partial charge in [-0.1, -0.05) is 26.0 Å². The fourth-order valence-electron chi connectivity index (χ4n) is 2.17. The van der Waals surface area contributed by atoms with E-state index in [9.17, 15) is 9.59 Å². The number of ether oxygens (including phenoxy) is 1. The largest absolute Gasteiger partial charge is 0.469 e. The van der Waals surface area contributed by atoms with Gasteiger partial charge in [0.25, 0.3) is 5.91 Å². The molecule has 0 spiro atoms. The van der Waals surface area contributed by atoms with Crippen molar-refractivity contribution in [3.05, 3.63) is 35.4 Å². The van der Waals surface area contributed by atoms with Gasteiger partial charge in [-0.05, 0) is 30.5 Å². The maximum Gasteiger partial charge on any atom is 0.307 e. The average molecular weight is 292 g/mol. The lowest BCUT2D eigenvalue weighted by molar-refractivity contribution is -0.142. The van der Waals surface area contributed by atoms with Gasteiger partial charge in [0.2, 0.25) is 0 Å². The summed E-state index contributed by atoms with van der Waals surface area (Å²) in [5.74, 6) is -0.511. The number of benzene rings is 1. The molecule has 0 bridgehead atoms. The molecule has 0 saturated heterocycles. The molecular weight excluding hydrogens is 268 g/mol. The summed E-state index contributed by atoms with van der Waals surface area (Å²) < 4.78 is 4.72. The minimum absolute atomic E-state index is 0.170. The minimum atomic E-state index is -0.573. The second kappa shape index (κ2) is 7.78. The topological polar surface area (TPSA) is 81.4 Å². The molecule has 0 aliphatic rings. The molecule has 0 radical (unpaired) electrons. The summed E-state index contributed by atoms with van der Waals surface area (Å²) in [6, 6.07) is 7.14. The number of nitrogens with one attached hydrogen (secondary N) is 1. The third-order valence-corrected chi connectivity index (χ3v) is 3.89. The van der Waals surface area contributed by atoms with Crippen LogP contribution in [0.2, 0.25) is 0 Å². The third kappa shape index (κ3) is 4.56. The predicted molar refractivity (Wildman–Crippen MR) is 81.7 cm³/mol. The van der Waals surface area contributed by atoms with E-state index in [2.05, 4.69) is 5.32 Å². The van der Waals surface area contributed by atoms with Crippen molar-refractivity contribution in [3.63, 3.8) is 0 Å². The zero-order valence-electron chi connectivity index (χ0n) is 12.9. The van der Waals surface area contributed by atoms with Crippen LogP contribution in [0, 0.1) is 0 Å². The van der Waals surface area contributed by atoms with Crippen molar-refractivity contribution in [3.8, 4) is 0 Å². The van der Waals surface area contributed by atoms with E-state index in [1.54, 1.807) is 12.1 Å². The molecule has 0 fully saturated rings. The van der Waals surface area contributed by atoms with Crippen LogP contribution in [0.25, 0.3) is 0 Å². The van der Waals surface area contributed by atoms with E-state index >= 15 is 0 Å². The van der Waals surface area contributed by atoms with Gasteiger partial charge in [0.05, 0.1) is 19.1 Å². The van der Waals surface area contributed by atoms with Crippen molar-refractivity contribution < 1.29 is 14.3 Å². The first-order valence-electron chi connectivity index (χ1n) is 7.18. The Morgan fingerprint density at radius 3 is 2.19 bits per heavy atom. The van der Waals surface area contributed by atoms with Gasteiger partial charge in [0.15, 0.2) is 0 Å². The van der Waals surface area contributed by atoms with Crippen LogP contribution in [-0.4, -0.2) is 24.5 Å². The molecule has 1 rings (SSSR count). The molecule has 1 amide bonds. The molecule has 0 aliphatic heterocycles. The monoisotopic (exact) mass is 292 g/mol. The van der Waals surface area contributed by atoms with Crippen molar-refractivity contribution in [1.82, 2.24) is 5.32 Å². The van der Waals surface area contributed by atoms with E-state index in [0.29, 0.717) is 24.9 Å². The maximum absolute atomic E-state index is 12.4. The van der Waals surface area contributed by atoms with Gasteiger partial charge in [0, 0.05) is 12.1 Å². The van der Waals surface area contributed by atoms with Crippen LogP contribution >= 0.6 is 0 Å². The van der Waals surface area contributed by atoms with Crippen LogP contribution in [0.4, 0.5) is 0 Å². The number of hydrogen-bond donors (Lipinski definition) is 2. The molecule has 1 aromatic rings. The Hall–Kier alpha value is -1.88. The lowest BCUT2D eigenvalue weighted by atomic mass is 9.88. The summed E-state index contributed by atoms with van der Waals surface area (Å²) in [5.41, 5.74) is 6.50. The van der Waals surface area contributed by atoms with E-state index in [1.165, 1.54) is 7.11 Å². The molecule has 1 aromatic carbocycles. The number of hydrogen-bond acceptors (Lipinski definition) is 4. The van der Waals surface area contributed by atoms with E-state index in [4.69, 9.17) is 10.5 Å². The van der Waals surface area contributed by atoms with Crippen LogP contribution in [0.1, 0.15) is 49.0 Å². The summed E-state index contributed by atoms with van der Waals surface area (Å²) in [5, 5.41) is 2.98. The summed E-state index contributed by atoms with van der Waals surface area (Å²) in [6.07, 6.45) is 1.49. The number of amides is 1. The highest BCUT2D eigenvalue weighted by Gasteiger charge is 2.31. The SMILES string of the molecule is CCC(CC)(CC(=O)OC)NC(=O)c1ccc(CN)cc1. The Morgan fingerprint density at radius 1 is 1.19 bits per heavy atom. The van der Waals surface area contributed by atoms with Crippen LogP contribution < -0.4 is 11.1 Å². The van der Waals surface area contributed by atoms with Crippen molar-refractivity contribution in [2.45, 2.75) is 45.2 Å². The molecule has 0 atom stereocenters. The van der Waals surface area contributed by atoms with Crippen molar-refractivity contribution in [2.24, 2.45) is 5.73 Å². The fourth-order valence-corrected chi connectivity index (χ4v) is 2.17. The van der Waals surface area contributed by atoms with Gasteiger partial charge in [0.1, 0.15) is 0 Å². The van der Waals surface area contributed by atoms with Crippen LogP contribution in [0.15, 0.2) is 24.3 Å². The van der Waals surface area contributed by atoms with Crippen molar-refractivity contribution in [2.75, 3.05) is 7.11 Å². The highest BCUT2D eigenvalue weighted by molar-refractivity contribution is 5.95. The summed E-state index contributed by atoms with van der Waals surface area (Å²) in [6.45, 7) is 4.34. The number of carbonyl (C=O) groups excluding carboxylic acids is 2.